The number of hydrogen-bond donors (Lipinski definition) is 0. The summed E-state index contributed by atoms with van der Waals surface area (Å²) in [5.41, 5.74) is 2.23. The Hall–Kier alpha value is -3.33. The average Bonchev–Trinajstić information content (AvgIpc) is 3.02. The van der Waals surface area contributed by atoms with Crippen LogP contribution in [0.15, 0.2) is 78.4 Å². The number of cyclic esters (lactones) is 1. The van der Waals surface area contributed by atoms with Crippen LogP contribution >= 0.6 is 0 Å². The quantitative estimate of drug-likeness (QED) is 0.510. The molecule has 0 unspecified atom stereocenters. The van der Waals surface area contributed by atoms with Gasteiger partial charge in [-0.3, -0.25) is 0 Å². The van der Waals surface area contributed by atoms with Crippen molar-refractivity contribution in [2.75, 3.05) is 7.11 Å². The number of para-hydroxylation sites is 1. The summed E-state index contributed by atoms with van der Waals surface area (Å²) in [5, 5.41) is 2.26. The fourth-order valence-corrected chi connectivity index (χ4v) is 2.93. The van der Waals surface area contributed by atoms with Crippen LogP contribution in [0.25, 0.3) is 22.6 Å². The van der Waals surface area contributed by atoms with Crippen LogP contribution in [0, 0.1) is 0 Å². The number of methoxy groups -OCH3 is 1. The van der Waals surface area contributed by atoms with E-state index in [0.717, 1.165) is 27.6 Å². The fourth-order valence-electron chi connectivity index (χ4n) is 2.93. The first-order chi connectivity index (χ1) is 12.2. The van der Waals surface area contributed by atoms with Gasteiger partial charge < -0.3 is 9.47 Å². The molecule has 122 valence electrons. The van der Waals surface area contributed by atoms with E-state index < -0.39 is 0 Å². The van der Waals surface area contributed by atoms with Gasteiger partial charge in [-0.2, -0.15) is 0 Å². The van der Waals surface area contributed by atoms with Gasteiger partial charge in [0.2, 0.25) is 0 Å². The Bertz CT molecular complexity index is 1030. The maximum absolute atomic E-state index is 12.2. The third-order valence-corrected chi connectivity index (χ3v) is 4.21. The van der Waals surface area contributed by atoms with Crippen LogP contribution in [0.2, 0.25) is 0 Å². The lowest BCUT2D eigenvalue weighted by atomic mass is 10.0. The zero-order chi connectivity index (χ0) is 17.2. The lowest BCUT2D eigenvalue weighted by Crippen LogP contribution is -1.97. The van der Waals surface area contributed by atoms with Gasteiger partial charge in [-0.25, -0.2) is 4.79 Å². The Morgan fingerprint density at radius 1 is 0.920 bits per heavy atom. The van der Waals surface area contributed by atoms with Gasteiger partial charge >= 0.3 is 5.97 Å². The van der Waals surface area contributed by atoms with Crippen LogP contribution in [0.1, 0.15) is 11.1 Å². The Morgan fingerprint density at radius 2 is 1.68 bits per heavy atom. The van der Waals surface area contributed by atoms with Crippen LogP contribution in [0.3, 0.4) is 0 Å². The highest BCUT2D eigenvalue weighted by Gasteiger charge is 2.22. The van der Waals surface area contributed by atoms with Gasteiger partial charge in [0.15, 0.2) is 0 Å². The molecule has 0 spiro atoms. The zero-order valence-corrected chi connectivity index (χ0v) is 13.7. The number of rotatable bonds is 3. The molecule has 4 rings (SSSR count). The van der Waals surface area contributed by atoms with Crippen LogP contribution in [-0.2, 0) is 9.53 Å². The molecule has 0 aromatic heterocycles. The summed E-state index contributed by atoms with van der Waals surface area (Å²) in [6, 6.07) is 21.7. The number of benzene rings is 3. The minimum absolute atomic E-state index is 0.353. The third kappa shape index (κ3) is 2.92. The zero-order valence-electron chi connectivity index (χ0n) is 13.7. The second-order valence-corrected chi connectivity index (χ2v) is 5.80. The Balaban J connectivity index is 1.73. The second-order valence-electron chi connectivity index (χ2n) is 5.80. The van der Waals surface area contributed by atoms with E-state index in [-0.39, 0.29) is 5.97 Å². The number of ether oxygens (including phenoxy) is 2. The van der Waals surface area contributed by atoms with Crippen molar-refractivity contribution in [3.05, 3.63) is 89.5 Å². The Morgan fingerprint density at radius 3 is 2.52 bits per heavy atom. The highest BCUT2D eigenvalue weighted by Crippen LogP contribution is 2.30. The van der Waals surface area contributed by atoms with E-state index in [1.165, 1.54) is 0 Å². The molecule has 0 amide bonds. The van der Waals surface area contributed by atoms with Crippen LogP contribution in [0.4, 0.5) is 0 Å². The first-order valence-corrected chi connectivity index (χ1v) is 8.02. The summed E-state index contributed by atoms with van der Waals surface area (Å²) in [7, 11) is 1.61. The summed E-state index contributed by atoms with van der Waals surface area (Å²) in [6.07, 6.45) is 3.56. The topological polar surface area (TPSA) is 35.5 Å². The monoisotopic (exact) mass is 328 g/mol. The van der Waals surface area contributed by atoms with Crippen molar-refractivity contribution in [1.82, 2.24) is 0 Å². The third-order valence-electron chi connectivity index (χ3n) is 4.21. The number of esters is 1. The second kappa shape index (κ2) is 6.29. The van der Waals surface area contributed by atoms with E-state index in [0.29, 0.717) is 11.3 Å². The SMILES string of the molecule is COc1ccccc1C=C1C=C(c2ccc3ccccc3c2)OC1=O. The molecule has 1 heterocycles. The molecule has 0 saturated heterocycles. The lowest BCUT2D eigenvalue weighted by molar-refractivity contribution is -0.130. The fraction of sp³-hybridized carbons (Fsp3) is 0.0455. The number of hydrogen-bond acceptors (Lipinski definition) is 3. The molecule has 3 heteroatoms. The van der Waals surface area contributed by atoms with E-state index in [9.17, 15) is 4.79 Å². The first kappa shape index (κ1) is 15.2. The summed E-state index contributed by atoms with van der Waals surface area (Å²) in [5.74, 6) is 0.932. The summed E-state index contributed by atoms with van der Waals surface area (Å²) < 4.78 is 10.8. The molecule has 0 saturated carbocycles. The molecule has 0 aliphatic carbocycles. The summed E-state index contributed by atoms with van der Waals surface area (Å²) >= 11 is 0. The average molecular weight is 328 g/mol. The molecule has 0 radical (unpaired) electrons. The molecule has 0 fully saturated rings. The van der Waals surface area contributed by atoms with Crippen LogP contribution < -0.4 is 4.74 Å². The van der Waals surface area contributed by atoms with Crippen molar-refractivity contribution in [3.63, 3.8) is 0 Å². The highest BCUT2D eigenvalue weighted by atomic mass is 16.5. The number of carbonyl (C=O) groups is 1. The van der Waals surface area contributed by atoms with E-state index in [4.69, 9.17) is 9.47 Å². The standard InChI is InChI=1S/C22H16O3/c1-24-20-9-5-4-8-17(20)13-19-14-21(25-22(19)23)18-11-10-15-6-2-3-7-16(15)12-18/h2-14H,1H3. The molecular weight excluding hydrogens is 312 g/mol. The molecule has 0 N–H and O–H groups in total. The maximum Gasteiger partial charge on any atom is 0.343 e. The summed E-state index contributed by atoms with van der Waals surface area (Å²) in [6.45, 7) is 0. The van der Waals surface area contributed by atoms with Gasteiger partial charge in [0.05, 0.1) is 12.7 Å². The van der Waals surface area contributed by atoms with Crippen molar-refractivity contribution >= 4 is 28.6 Å². The predicted octanol–water partition coefficient (Wildman–Crippen LogP) is 4.83. The number of fused-ring (bicyclic) bond motifs is 1. The normalized spacial score (nSPS) is 15.3. The smallest absolute Gasteiger partial charge is 0.343 e. The van der Waals surface area contributed by atoms with Crippen molar-refractivity contribution in [1.29, 1.82) is 0 Å². The van der Waals surface area contributed by atoms with Crippen molar-refractivity contribution in [2.45, 2.75) is 0 Å². The van der Waals surface area contributed by atoms with E-state index in [1.54, 1.807) is 19.3 Å². The molecule has 1 aliphatic rings. The molecule has 0 atom stereocenters. The van der Waals surface area contributed by atoms with E-state index in [2.05, 4.69) is 6.07 Å². The maximum atomic E-state index is 12.2. The highest BCUT2D eigenvalue weighted by molar-refractivity contribution is 6.05. The molecule has 3 nitrogen and oxygen atoms in total. The lowest BCUT2D eigenvalue weighted by Gasteiger charge is -2.04. The van der Waals surface area contributed by atoms with E-state index >= 15 is 0 Å². The largest absolute Gasteiger partial charge is 0.496 e. The first-order valence-electron chi connectivity index (χ1n) is 8.02. The van der Waals surface area contributed by atoms with Gasteiger partial charge in [-0.05, 0) is 35.1 Å². The van der Waals surface area contributed by atoms with Crippen LogP contribution in [-0.4, -0.2) is 13.1 Å². The van der Waals surface area contributed by atoms with Gasteiger partial charge in [0.25, 0.3) is 0 Å². The van der Waals surface area contributed by atoms with Crippen molar-refractivity contribution < 1.29 is 14.3 Å². The molecule has 3 aromatic rings. The van der Waals surface area contributed by atoms with Crippen LogP contribution in [0.5, 0.6) is 5.75 Å². The van der Waals surface area contributed by atoms with Gasteiger partial charge in [-0.15, -0.1) is 0 Å². The Kier molecular flexibility index (Phi) is 3.82. The summed E-state index contributed by atoms with van der Waals surface area (Å²) in [4.78, 5) is 12.2. The molecule has 25 heavy (non-hydrogen) atoms. The van der Waals surface area contributed by atoms with Gasteiger partial charge in [0.1, 0.15) is 11.5 Å². The van der Waals surface area contributed by atoms with Crippen molar-refractivity contribution in [2.24, 2.45) is 0 Å². The molecular formula is C22H16O3. The van der Waals surface area contributed by atoms with Gasteiger partial charge in [0, 0.05) is 11.1 Å². The molecule has 0 bridgehead atoms. The molecule has 1 aliphatic heterocycles. The predicted molar refractivity (Wildman–Crippen MR) is 99.0 cm³/mol. The number of carbonyl (C=O) groups excluding carboxylic acids is 1. The Labute approximate surface area is 145 Å². The molecule has 3 aromatic carbocycles. The van der Waals surface area contributed by atoms with Gasteiger partial charge in [-0.1, -0.05) is 54.6 Å². The minimum atomic E-state index is -0.353. The van der Waals surface area contributed by atoms with Crippen molar-refractivity contribution in [3.8, 4) is 5.75 Å². The minimum Gasteiger partial charge on any atom is -0.496 e. The van der Waals surface area contributed by atoms with E-state index in [1.807, 2.05) is 60.7 Å².